The van der Waals surface area contributed by atoms with Crippen molar-refractivity contribution in [3.63, 3.8) is 0 Å². The van der Waals surface area contributed by atoms with Gasteiger partial charge < -0.3 is 4.74 Å². The first-order valence-corrected chi connectivity index (χ1v) is 6.71. The SMILES string of the molecule is CCCS(=O)(=O)NCC1(OC)CCC1. The van der Waals surface area contributed by atoms with Crippen LogP contribution in [-0.2, 0) is 14.8 Å². The summed E-state index contributed by atoms with van der Waals surface area (Å²) < 4.78 is 30.7. The Morgan fingerprint density at radius 2 is 2.07 bits per heavy atom. The van der Waals surface area contributed by atoms with E-state index in [9.17, 15) is 8.42 Å². The van der Waals surface area contributed by atoms with Crippen molar-refractivity contribution < 1.29 is 13.2 Å². The molecule has 0 aromatic carbocycles. The molecule has 14 heavy (non-hydrogen) atoms. The summed E-state index contributed by atoms with van der Waals surface area (Å²) in [5, 5.41) is 0. The van der Waals surface area contributed by atoms with Crippen molar-refractivity contribution in [1.29, 1.82) is 0 Å². The largest absolute Gasteiger partial charge is 0.377 e. The number of nitrogens with one attached hydrogen (secondary N) is 1. The monoisotopic (exact) mass is 221 g/mol. The predicted octanol–water partition coefficient (Wildman–Crippen LogP) is 0.885. The lowest BCUT2D eigenvalue weighted by molar-refractivity contribution is -0.0659. The summed E-state index contributed by atoms with van der Waals surface area (Å²) in [5.74, 6) is 0.201. The van der Waals surface area contributed by atoms with Crippen LogP contribution < -0.4 is 4.72 Å². The van der Waals surface area contributed by atoms with E-state index in [1.807, 2.05) is 6.92 Å². The van der Waals surface area contributed by atoms with Crippen molar-refractivity contribution in [1.82, 2.24) is 4.72 Å². The molecule has 1 fully saturated rings. The molecule has 4 nitrogen and oxygen atoms in total. The number of hydrogen-bond acceptors (Lipinski definition) is 3. The zero-order valence-corrected chi connectivity index (χ0v) is 9.69. The van der Waals surface area contributed by atoms with Gasteiger partial charge in [-0.25, -0.2) is 13.1 Å². The highest BCUT2D eigenvalue weighted by molar-refractivity contribution is 7.89. The quantitative estimate of drug-likeness (QED) is 0.724. The normalized spacial score (nSPS) is 20.4. The highest BCUT2D eigenvalue weighted by Crippen LogP contribution is 2.34. The molecule has 1 aliphatic carbocycles. The van der Waals surface area contributed by atoms with E-state index >= 15 is 0 Å². The van der Waals surface area contributed by atoms with Gasteiger partial charge in [-0.2, -0.15) is 0 Å². The van der Waals surface area contributed by atoms with Crippen LogP contribution in [0.25, 0.3) is 0 Å². The minimum absolute atomic E-state index is 0.201. The smallest absolute Gasteiger partial charge is 0.211 e. The summed E-state index contributed by atoms with van der Waals surface area (Å²) >= 11 is 0. The molecule has 1 rings (SSSR count). The summed E-state index contributed by atoms with van der Waals surface area (Å²) in [6, 6.07) is 0. The number of sulfonamides is 1. The van der Waals surface area contributed by atoms with Crippen LogP contribution in [0.15, 0.2) is 0 Å². The fourth-order valence-corrected chi connectivity index (χ4v) is 2.77. The molecule has 0 amide bonds. The molecule has 1 aliphatic rings. The van der Waals surface area contributed by atoms with Gasteiger partial charge in [0.05, 0.1) is 11.4 Å². The van der Waals surface area contributed by atoms with Crippen LogP contribution in [0.5, 0.6) is 0 Å². The Morgan fingerprint density at radius 3 is 2.43 bits per heavy atom. The Morgan fingerprint density at radius 1 is 1.43 bits per heavy atom. The van der Waals surface area contributed by atoms with Crippen molar-refractivity contribution in [3.8, 4) is 0 Å². The highest BCUT2D eigenvalue weighted by atomic mass is 32.2. The van der Waals surface area contributed by atoms with Crippen molar-refractivity contribution in [3.05, 3.63) is 0 Å². The second kappa shape index (κ2) is 4.59. The van der Waals surface area contributed by atoms with Crippen LogP contribution in [0.2, 0.25) is 0 Å². The molecule has 0 aromatic rings. The summed E-state index contributed by atoms with van der Waals surface area (Å²) in [5.41, 5.74) is -0.221. The maximum absolute atomic E-state index is 11.4. The van der Waals surface area contributed by atoms with E-state index in [0.717, 1.165) is 19.3 Å². The molecule has 0 unspecified atom stereocenters. The summed E-state index contributed by atoms with van der Waals surface area (Å²) in [6.07, 6.45) is 3.69. The lowest BCUT2D eigenvalue weighted by Crippen LogP contribution is -2.49. The number of hydrogen-bond donors (Lipinski definition) is 1. The first kappa shape index (κ1) is 11.9. The average molecular weight is 221 g/mol. The van der Waals surface area contributed by atoms with Crippen molar-refractivity contribution in [2.75, 3.05) is 19.4 Å². The molecule has 0 aliphatic heterocycles. The third-order valence-electron chi connectivity index (χ3n) is 2.78. The second-order valence-corrected chi connectivity index (χ2v) is 5.81. The minimum Gasteiger partial charge on any atom is -0.377 e. The third-order valence-corrected chi connectivity index (χ3v) is 4.31. The van der Waals surface area contributed by atoms with Gasteiger partial charge in [0, 0.05) is 13.7 Å². The zero-order chi connectivity index (χ0) is 10.7. The van der Waals surface area contributed by atoms with Gasteiger partial charge in [-0.15, -0.1) is 0 Å². The van der Waals surface area contributed by atoms with E-state index in [1.165, 1.54) is 0 Å². The second-order valence-electron chi connectivity index (χ2n) is 3.88. The lowest BCUT2D eigenvalue weighted by atomic mass is 9.80. The van der Waals surface area contributed by atoms with E-state index in [0.29, 0.717) is 13.0 Å². The number of rotatable bonds is 6. The van der Waals surface area contributed by atoms with Gasteiger partial charge in [-0.05, 0) is 25.7 Å². The topological polar surface area (TPSA) is 55.4 Å². The number of methoxy groups -OCH3 is 1. The lowest BCUT2D eigenvalue weighted by Gasteiger charge is -2.40. The molecule has 0 heterocycles. The molecule has 0 aromatic heterocycles. The third kappa shape index (κ3) is 2.93. The average Bonchev–Trinajstić information content (AvgIpc) is 2.03. The molecule has 0 radical (unpaired) electrons. The Balaban J connectivity index is 2.39. The molecule has 0 saturated heterocycles. The summed E-state index contributed by atoms with van der Waals surface area (Å²) in [4.78, 5) is 0. The molecule has 0 bridgehead atoms. The zero-order valence-electron chi connectivity index (χ0n) is 8.88. The fourth-order valence-electron chi connectivity index (χ4n) is 1.61. The Labute approximate surface area is 86.1 Å². The van der Waals surface area contributed by atoms with Crippen LogP contribution >= 0.6 is 0 Å². The Hall–Kier alpha value is -0.130. The molecule has 0 atom stereocenters. The Bertz CT molecular complexity index is 264. The number of ether oxygens (including phenoxy) is 1. The predicted molar refractivity (Wildman–Crippen MR) is 55.7 cm³/mol. The molecular weight excluding hydrogens is 202 g/mol. The van der Waals surface area contributed by atoms with Crippen molar-refractivity contribution in [2.45, 2.75) is 38.2 Å². The van der Waals surface area contributed by atoms with E-state index in [4.69, 9.17) is 4.74 Å². The van der Waals surface area contributed by atoms with Crippen LogP contribution in [0, 0.1) is 0 Å². The van der Waals surface area contributed by atoms with E-state index in [1.54, 1.807) is 7.11 Å². The van der Waals surface area contributed by atoms with E-state index in [2.05, 4.69) is 4.72 Å². The van der Waals surface area contributed by atoms with Gasteiger partial charge in [0.1, 0.15) is 0 Å². The minimum atomic E-state index is -3.08. The molecule has 1 N–H and O–H groups in total. The van der Waals surface area contributed by atoms with Gasteiger partial charge in [0.15, 0.2) is 0 Å². The van der Waals surface area contributed by atoms with Crippen LogP contribution in [-0.4, -0.2) is 33.4 Å². The molecule has 1 saturated carbocycles. The first-order chi connectivity index (χ1) is 6.54. The van der Waals surface area contributed by atoms with E-state index < -0.39 is 10.0 Å². The van der Waals surface area contributed by atoms with Gasteiger partial charge in [-0.1, -0.05) is 6.92 Å². The summed E-state index contributed by atoms with van der Waals surface area (Å²) in [7, 11) is -1.44. The maximum Gasteiger partial charge on any atom is 0.211 e. The van der Waals surface area contributed by atoms with Gasteiger partial charge in [-0.3, -0.25) is 0 Å². The van der Waals surface area contributed by atoms with Gasteiger partial charge in [0.25, 0.3) is 0 Å². The van der Waals surface area contributed by atoms with Crippen LogP contribution in [0.3, 0.4) is 0 Å². The fraction of sp³-hybridized carbons (Fsp3) is 1.00. The molecule has 5 heteroatoms. The molecular formula is C9H19NO3S. The first-order valence-electron chi connectivity index (χ1n) is 5.06. The van der Waals surface area contributed by atoms with Crippen LogP contribution in [0.1, 0.15) is 32.6 Å². The Kier molecular flexibility index (Phi) is 3.92. The maximum atomic E-state index is 11.4. The van der Waals surface area contributed by atoms with Crippen molar-refractivity contribution in [2.24, 2.45) is 0 Å². The van der Waals surface area contributed by atoms with Gasteiger partial charge in [0.2, 0.25) is 10.0 Å². The van der Waals surface area contributed by atoms with Crippen molar-refractivity contribution >= 4 is 10.0 Å². The molecule has 0 spiro atoms. The standard InChI is InChI=1S/C9H19NO3S/c1-3-7-14(11,12)10-8-9(13-2)5-4-6-9/h10H,3-8H2,1-2H3. The van der Waals surface area contributed by atoms with Crippen LogP contribution in [0.4, 0.5) is 0 Å². The molecule has 84 valence electrons. The van der Waals surface area contributed by atoms with E-state index in [-0.39, 0.29) is 11.4 Å². The highest BCUT2D eigenvalue weighted by Gasteiger charge is 2.37. The van der Waals surface area contributed by atoms with Gasteiger partial charge >= 0.3 is 0 Å². The summed E-state index contributed by atoms with van der Waals surface area (Å²) in [6.45, 7) is 2.28.